The molecule has 0 spiro atoms. The van der Waals surface area contributed by atoms with Crippen molar-refractivity contribution in [1.29, 1.82) is 5.41 Å². The van der Waals surface area contributed by atoms with Crippen molar-refractivity contribution in [3.8, 4) is 22.3 Å². The minimum Gasteiger partial charge on any atom is -0.306 e. The summed E-state index contributed by atoms with van der Waals surface area (Å²) in [4.78, 5) is 8.70. The van der Waals surface area contributed by atoms with Gasteiger partial charge in [0.1, 0.15) is 11.3 Å². The summed E-state index contributed by atoms with van der Waals surface area (Å²) in [5.41, 5.74) is 5.11. The van der Waals surface area contributed by atoms with Crippen molar-refractivity contribution in [2.24, 2.45) is 14.1 Å². The van der Waals surface area contributed by atoms with Crippen molar-refractivity contribution in [3.05, 3.63) is 67.3 Å². The van der Waals surface area contributed by atoms with Gasteiger partial charge in [-0.2, -0.15) is 10.2 Å². The number of nitrogens with one attached hydrogen (secondary N) is 2. The molecular weight excluding hydrogens is 426 g/mol. The van der Waals surface area contributed by atoms with E-state index in [1.165, 1.54) is 0 Å². The average molecular weight is 446 g/mol. The SMILES string of the molecule is Cn1cc(-c2cnc(C=N)c(NS(=O)c3cnc4ccc(-c5cnn(C)c5)cn34)c2)cn1. The summed E-state index contributed by atoms with van der Waals surface area (Å²) in [5.74, 6) is 0. The van der Waals surface area contributed by atoms with Gasteiger partial charge in [-0.15, -0.1) is 0 Å². The third-order valence-electron chi connectivity index (χ3n) is 5.00. The molecule has 5 aromatic rings. The van der Waals surface area contributed by atoms with Crippen LogP contribution in [0.15, 0.2) is 66.6 Å². The molecule has 0 aromatic carbocycles. The maximum absolute atomic E-state index is 13.3. The van der Waals surface area contributed by atoms with Gasteiger partial charge in [0.05, 0.1) is 24.3 Å². The molecule has 1 atom stereocenters. The quantitative estimate of drug-likeness (QED) is 0.390. The van der Waals surface area contributed by atoms with E-state index in [0.29, 0.717) is 22.1 Å². The Kier molecular flexibility index (Phi) is 4.86. The van der Waals surface area contributed by atoms with Gasteiger partial charge in [-0.3, -0.25) is 23.5 Å². The van der Waals surface area contributed by atoms with Crippen molar-refractivity contribution >= 4 is 28.5 Å². The van der Waals surface area contributed by atoms with E-state index < -0.39 is 11.0 Å². The molecule has 0 saturated carbocycles. The van der Waals surface area contributed by atoms with E-state index in [0.717, 1.165) is 28.5 Å². The van der Waals surface area contributed by atoms with Crippen LogP contribution in [0, 0.1) is 5.41 Å². The molecule has 0 amide bonds. The van der Waals surface area contributed by atoms with Crippen LogP contribution in [-0.2, 0) is 25.1 Å². The Labute approximate surface area is 185 Å². The zero-order valence-corrected chi connectivity index (χ0v) is 18.1. The third kappa shape index (κ3) is 3.58. The predicted molar refractivity (Wildman–Crippen MR) is 122 cm³/mol. The molecule has 1 unspecified atom stereocenters. The number of aromatic nitrogens is 7. The number of rotatable bonds is 6. The van der Waals surface area contributed by atoms with Crippen molar-refractivity contribution in [1.82, 2.24) is 33.9 Å². The number of hydrogen-bond donors (Lipinski definition) is 2. The van der Waals surface area contributed by atoms with Gasteiger partial charge in [-0.25, -0.2) is 9.19 Å². The molecule has 0 aliphatic rings. The summed E-state index contributed by atoms with van der Waals surface area (Å²) in [7, 11) is 2.05. The molecule has 160 valence electrons. The van der Waals surface area contributed by atoms with Crippen LogP contribution >= 0.6 is 0 Å². The van der Waals surface area contributed by atoms with Crippen LogP contribution in [0.1, 0.15) is 5.69 Å². The predicted octanol–water partition coefficient (Wildman–Crippen LogP) is 2.66. The Morgan fingerprint density at radius 3 is 2.28 bits per heavy atom. The molecule has 2 N–H and O–H groups in total. The van der Waals surface area contributed by atoms with Crippen LogP contribution < -0.4 is 4.72 Å². The first-order valence-electron chi connectivity index (χ1n) is 9.66. The number of fused-ring (bicyclic) bond motifs is 1. The molecular formula is C21H19N9OS. The van der Waals surface area contributed by atoms with Crippen molar-refractivity contribution in [2.45, 2.75) is 5.03 Å². The van der Waals surface area contributed by atoms with Gasteiger partial charge in [0, 0.05) is 67.4 Å². The van der Waals surface area contributed by atoms with Gasteiger partial charge in [0.15, 0.2) is 16.0 Å². The highest BCUT2D eigenvalue weighted by Crippen LogP contribution is 2.25. The van der Waals surface area contributed by atoms with Gasteiger partial charge >= 0.3 is 0 Å². The number of aryl methyl sites for hydroxylation is 2. The zero-order valence-electron chi connectivity index (χ0n) is 17.3. The lowest BCUT2D eigenvalue weighted by Gasteiger charge is -2.10. The normalized spacial score (nSPS) is 12.2. The summed E-state index contributed by atoms with van der Waals surface area (Å²) >= 11 is 0. The van der Waals surface area contributed by atoms with Gasteiger partial charge < -0.3 is 5.41 Å². The molecule has 0 saturated heterocycles. The van der Waals surface area contributed by atoms with Gasteiger partial charge in [0.25, 0.3) is 0 Å². The first-order chi connectivity index (χ1) is 15.5. The molecule has 5 heterocycles. The minimum atomic E-state index is -1.64. The fraction of sp³-hybridized carbons (Fsp3) is 0.0952. The van der Waals surface area contributed by atoms with E-state index in [1.54, 1.807) is 38.6 Å². The molecule has 32 heavy (non-hydrogen) atoms. The lowest BCUT2D eigenvalue weighted by atomic mass is 10.1. The summed E-state index contributed by atoms with van der Waals surface area (Å²) in [5, 5.41) is 16.5. The van der Waals surface area contributed by atoms with Crippen molar-refractivity contribution in [3.63, 3.8) is 0 Å². The molecule has 5 aromatic heterocycles. The van der Waals surface area contributed by atoms with E-state index in [1.807, 2.05) is 50.9 Å². The largest absolute Gasteiger partial charge is 0.306 e. The molecule has 0 fully saturated rings. The second kappa shape index (κ2) is 7.85. The van der Waals surface area contributed by atoms with Gasteiger partial charge in [0.2, 0.25) is 0 Å². The fourth-order valence-corrected chi connectivity index (χ4v) is 4.33. The summed E-state index contributed by atoms with van der Waals surface area (Å²) in [6, 6.07) is 5.64. The molecule has 0 bridgehead atoms. The molecule has 0 aliphatic heterocycles. The smallest absolute Gasteiger partial charge is 0.169 e. The number of pyridine rings is 2. The van der Waals surface area contributed by atoms with Crippen LogP contribution in [0.5, 0.6) is 0 Å². The number of imidazole rings is 1. The molecule has 10 nitrogen and oxygen atoms in total. The van der Waals surface area contributed by atoms with Crippen LogP contribution in [0.2, 0.25) is 0 Å². The number of anilines is 1. The van der Waals surface area contributed by atoms with E-state index in [4.69, 9.17) is 5.41 Å². The van der Waals surface area contributed by atoms with E-state index >= 15 is 0 Å². The number of nitrogens with zero attached hydrogens (tertiary/aromatic N) is 7. The zero-order chi connectivity index (χ0) is 22.2. The van der Waals surface area contributed by atoms with Crippen molar-refractivity contribution < 1.29 is 4.21 Å². The molecule has 0 aliphatic carbocycles. The Bertz CT molecular complexity index is 1480. The van der Waals surface area contributed by atoms with Crippen molar-refractivity contribution in [2.75, 3.05) is 4.72 Å². The maximum Gasteiger partial charge on any atom is 0.169 e. The standard InChI is InChI=1S/C21H19N9OS/c1-28-11-16(8-25-28)14-3-4-20-24-10-21(30(20)13-14)32(31)27-18-5-15(7-23-19(18)6-22)17-9-26-29(2)12-17/h3-13,22,27H,1-2H3. The van der Waals surface area contributed by atoms with Crippen LogP contribution in [0.3, 0.4) is 0 Å². The lowest BCUT2D eigenvalue weighted by molar-refractivity contribution is 0.682. The van der Waals surface area contributed by atoms with Crippen LogP contribution in [0.25, 0.3) is 27.9 Å². The third-order valence-corrected chi connectivity index (χ3v) is 6.08. The molecule has 0 radical (unpaired) electrons. The first-order valence-corrected chi connectivity index (χ1v) is 10.8. The summed E-state index contributed by atoms with van der Waals surface area (Å²) in [6.45, 7) is 0. The number of hydrogen-bond acceptors (Lipinski definition) is 6. The highest BCUT2D eigenvalue weighted by Gasteiger charge is 2.15. The molecule has 11 heteroatoms. The van der Waals surface area contributed by atoms with Crippen LogP contribution in [-0.4, -0.2) is 44.4 Å². The Morgan fingerprint density at radius 2 is 1.62 bits per heavy atom. The molecule has 5 rings (SSSR count). The van der Waals surface area contributed by atoms with Gasteiger partial charge in [-0.05, 0) is 18.2 Å². The van der Waals surface area contributed by atoms with E-state index in [9.17, 15) is 4.21 Å². The Balaban J connectivity index is 1.50. The minimum absolute atomic E-state index is 0.385. The van der Waals surface area contributed by atoms with Crippen LogP contribution in [0.4, 0.5) is 5.69 Å². The van der Waals surface area contributed by atoms with E-state index in [-0.39, 0.29) is 0 Å². The first kappa shape index (κ1) is 19.8. The topological polar surface area (TPSA) is 119 Å². The van der Waals surface area contributed by atoms with E-state index in [2.05, 4.69) is 24.9 Å². The van der Waals surface area contributed by atoms with Gasteiger partial charge in [-0.1, -0.05) is 0 Å². The Morgan fingerprint density at radius 1 is 0.906 bits per heavy atom. The fourth-order valence-electron chi connectivity index (χ4n) is 3.39. The average Bonchev–Trinajstić information content (AvgIpc) is 3.52. The second-order valence-electron chi connectivity index (χ2n) is 7.22. The summed E-state index contributed by atoms with van der Waals surface area (Å²) < 4.78 is 21.5. The Hall–Kier alpha value is -4.12. The summed E-state index contributed by atoms with van der Waals surface area (Å²) in [6.07, 6.45) is 13.5. The maximum atomic E-state index is 13.3. The monoisotopic (exact) mass is 445 g/mol. The highest BCUT2D eigenvalue weighted by molar-refractivity contribution is 7.86. The second-order valence-corrected chi connectivity index (χ2v) is 8.38. The lowest BCUT2D eigenvalue weighted by Crippen LogP contribution is -2.10. The highest BCUT2D eigenvalue weighted by atomic mass is 32.2.